The average Bonchev–Trinajstić information content (AvgIpc) is 2.57. The van der Waals surface area contributed by atoms with Crippen LogP contribution in [0.4, 0.5) is 0 Å². The van der Waals surface area contributed by atoms with E-state index in [4.69, 9.17) is 16.7 Å². The molecule has 1 aromatic heterocycles. The number of hydrogen-bond acceptors (Lipinski definition) is 3. The van der Waals surface area contributed by atoms with Gasteiger partial charge in [0.15, 0.2) is 5.06 Å². The Morgan fingerprint density at radius 1 is 1.29 bits per heavy atom. The molecule has 0 aliphatic rings. The van der Waals surface area contributed by atoms with Crippen LogP contribution in [0.25, 0.3) is 10.1 Å². The smallest absolute Gasteiger partial charge is 0.172 e. The maximum absolute atomic E-state index is 9.39. The minimum Gasteiger partial charge on any atom is -0.499 e. The van der Waals surface area contributed by atoms with E-state index in [0.29, 0.717) is 5.88 Å². The first-order valence-electron chi connectivity index (χ1n) is 4.16. The van der Waals surface area contributed by atoms with Gasteiger partial charge in [-0.1, -0.05) is 23.5 Å². The fourth-order valence-corrected chi connectivity index (χ4v) is 2.72. The largest absolute Gasteiger partial charge is 0.499 e. The molecule has 0 saturated heterocycles. The van der Waals surface area contributed by atoms with Crippen LogP contribution in [0, 0.1) is 0 Å². The Hall–Kier alpha value is -0.770. The third-order valence-corrected chi connectivity index (χ3v) is 3.46. The molecule has 2 aromatic rings. The van der Waals surface area contributed by atoms with Crippen molar-refractivity contribution in [2.45, 2.75) is 12.5 Å². The molecule has 1 aromatic carbocycles. The molecule has 0 aliphatic carbocycles. The van der Waals surface area contributed by atoms with Gasteiger partial charge in [-0.3, -0.25) is 0 Å². The predicted octanol–water partition coefficient (Wildman–Crippen LogP) is 2.84. The van der Waals surface area contributed by atoms with E-state index >= 15 is 0 Å². The van der Waals surface area contributed by atoms with Crippen molar-refractivity contribution < 1.29 is 10.2 Å². The van der Waals surface area contributed by atoms with Crippen molar-refractivity contribution in [1.82, 2.24) is 0 Å². The first-order chi connectivity index (χ1) is 6.76. The van der Waals surface area contributed by atoms with Gasteiger partial charge in [-0.25, -0.2) is 0 Å². The van der Waals surface area contributed by atoms with Crippen LogP contribution in [0.15, 0.2) is 18.2 Å². The van der Waals surface area contributed by atoms with E-state index in [-0.39, 0.29) is 11.7 Å². The summed E-state index contributed by atoms with van der Waals surface area (Å²) in [5.41, 5.74) is 1.81. The Balaban J connectivity index is 2.77. The van der Waals surface area contributed by atoms with Gasteiger partial charge in [0.25, 0.3) is 0 Å². The van der Waals surface area contributed by atoms with Crippen LogP contribution in [-0.4, -0.2) is 10.2 Å². The van der Waals surface area contributed by atoms with Gasteiger partial charge in [-0.2, -0.15) is 0 Å². The average molecular weight is 229 g/mol. The number of rotatable bonds is 2. The number of aliphatic hydroxyl groups is 1. The minimum absolute atomic E-state index is 0.0186. The van der Waals surface area contributed by atoms with Gasteiger partial charge in [-0.05, 0) is 17.2 Å². The third-order valence-electron chi connectivity index (χ3n) is 2.16. The highest BCUT2D eigenvalue weighted by Gasteiger charge is 2.08. The van der Waals surface area contributed by atoms with Gasteiger partial charge in [0.2, 0.25) is 0 Å². The molecule has 0 aliphatic heterocycles. The molecule has 2 N–H and O–H groups in total. The molecule has 2 rings (SSSR count). The van der Waals surface area contributed by atoms with Crippen molar-refractivity contribution in [3.8, 4) is 5.06 Å². The van der Waals surface area contributed by atoms with Gasteiger partial charge < -0.3 is 10.2 Å². The van der Waals surface area contributed by atoms with E-state index in [1.54, 1.807) is 6.07 Å². The predicted molar refractivity (Wildman–Crippen MR) is 59.0 cm³/mol. The molecular weight excluding hydrogens is 220 g/mol. The highest BCUT2D eigenvalue weighted by atomic mass is 35.5. The van der Waals surface area contributed by atoms with Gasteiger partial charge >= 0.3 is 0 Å². The van der Waals surface area contributed by atoms with Crippen LogP contribution in [0.1, 0.15) is 11.1 Å². The molecule has 0 bridgehead atoms. The van der Waals surface area contributed by atoms with E-state index < -0.39 is 0 Å². The summed E-state index contributed by atoms with van der Waals surface area (Å²) in [5.74, 6) is 0.419. The molecule has 0 spiro atoms. The lowest BCUT2D eigenvalue weighted by Gasteiger charge is -2.02. The Bertz CT molecular complexity index is 423. The number of aliphatic hydroxyl groups excluding tert-OH is 1. The Kier molecular flexibility index (Phi) is 2.63. The van der Waals surface area contributed by atoms with Gasteiger partial charge in [0, 0.05) is 16.0 Å². The number of hydrogen-bond donors (Lipinski definition) is 2. The second-order valence-electron chi connectivity index (χ2n) is 3.00. The Labute approximate surface area is 90.4 Å². The summed E-state index contributed by atoms with van der Waals surface area (Å²) in [4.78, 5) is 0. The van der Waals surface area contributed by atoms with Crippen LogP contribution in [0.3, 0.4) is 0 Å². The van der Waals surface area contributed by atoms with E-state index in [1.165, 1.54) is 11.3 Å². The number of fused-ring (bicyclic) bond motifs is 1. The highest BCUT2D eigenvalue weighted by molar-refractivity contribution is 7.20. The van der Waals surface area contributed by atoms with Crippen LogP contribution < -0.4 is 0 Å². The molecule has 0 fully saturated rings. The Morgan fingerprint density at radius 3 is 2.64 bits per heavy atom. The lowest BCUT2D eigenvalue weighted by molar-refractivity contribution is 0.283. The highest BCUT2D eigenvalue weighted by Crippen LogP contribution is 2.35. The molecule has 4 heteroatoms. The van der Waals surface area contributed by atoms with Gasteiger partial charge in [-0.15, -0.1) is 11.6 Å². The van der Waals surface area contributed by atoms with Crippen molar-refractivity contribution >= 4 is 33.0 Å². The van der Waals surface area contributed by atoms with E-state index in [0.717, 1.165) is 21.2 Å². The first-order valence-corrected chi connectivity index (χ1v) is 5.51. The van der Waals surface area contributed by atoms with Gasteiger partial charge in [0.05, 0.1) is 6.61 Å². The SMILES string of the molecule is OCc1ccc(CCl)c2sc(O)cc12. The summed E-state index contributed by atoms with van der Waals surface area (Å²) < 4.78 is 0.962. The topological polar surface area (TPSA) is 40.5 Å². The number of halogens is 1. The van der Waals surface area contributed by atoms with E-state index in [9.17, 15) is 5.11 Å². The lowest BCUT2D eigenvalue weighted by atomic mass is 10.1. The summed E-state index contributed by atoms with van der Waals surface area (Å²) in [6, 6.07) is 5.39. The standard InChI is InChI=1S/C10H9ClO2S/c11-4-6-1-2-7(5-12)8-3-9(13)14-10(6)8/h1-3,12-13H,4-5H2. The second kappa shape index (κ2) is 3.77. The zero-order chi connectivity index (χ0) is 10.1. The second-order valence-corrected chi connectivity index (χ2v) is 4.30. The number of alkyl halides is 1. The molecule has 0 unspecified atom stereocenters. The fraction of sp³-hybridized carbons (Fsp3) is 0.200. The summed E-state index contributed by atoms with van der Waals surface area (Å²) in [6.07, 6.45) is 0. The van der Waals surface area contributed by atoms with Crippen LogP contribution in [-0.2, 0) is 12.5 Å². The van der Waals surface area contributed by atoms with E-state index in [2.05, 4.69) is 0 Å². The molecule has 0 atom stereocenters. The van der Waals surface area contributed by atoms with Crippen LogP contribution in [0.2, 0.25) is 0 Å². The molecule has 1 heterocycles. The summed E-state index contributed by atoms with van der Waals surface area (Å²) in [6.45, 7) is -0.0186. The molecular formula is C10H9ClO2S. The summed E-state index contributed by atoms with van der Waals surface area (Å²) >= 11 is 7.07. The van der Waals surface area contributed by atoms with Crippen molar-refractivity contribution in [3.63, 3.8) is 0 Å². The quantitative estimate of drug-likeness (QED) is 0.776. The molecule has 74 valence electrons. The Morgan fingerprint density at radius 2 is 2.00 bits per heavy atom. The molecule has 0 amide bonds. The molecule has 2 nitrogen and oxygen atoms in total. The monoisotopic (exact) mass is 228 g/mol. The van der Waals surface area contributed by atoms with Crippen molar-refractivity contribution in [2.75, 3.05) is 0 Å². The zero-order valence-corrected chi connectivity index (χ0v) is 8.90. The zero-order valence-electron chi connectivity index (χ0n) is 7.33. The number of aromatic hydroxyl groups is 1. The molecule has 14 heavy (non-hydrogen) atoms. The fourth-order valence-electron chi connectivity index (χ4n) is 1.46. The van der Waals surface area contributed by atoms with Gasteiger partial charge in [0.1, 0.15) is 0 Å². The summed E-state index contributed by atoms with van der Waals surface area (Å²) in [7, 11) is 0. The van der Waals surface area contributed by atoms with Crippen LogP contribution >= 0.6 is 22.9 Å². The summed E-state index contributed by atoms with van der Waals surface area (Å²) in [5, 5.41) is 19.6. The first kappa shape index (κ1) is 9.77. The van der Waals surface area contributed by atoms with Crippen molar-refractivity contribution in [3.05, 3.63) is 29.3 Å². The number of thiophene rings is 1. The normalized spacial score (nSPS) is 11.0. The third kappa shape index (κ3) is 1.47. The van der Waals surface area contributed by atoms with Crippen LogP contribution in [0.5, 0.6) is 5.06 Å². The molecule has 0 saturated carbocycles. The number of benzene rings is 1. The maximum Gasteiger partial charge on any atom is 0.172 e. The van der Waals surface area contributed by atoms with E-state index in [1.807, 2.05) is 12.1 Å². The molecule has 0 radical (unpaired) electrons. The maximum atomic E-state index is 9.39. The minimum atomic E-state index is -0.0186. The lowest BCUT2D eigenvalue weighted by Crippen LogP contribution is -1.86. The van der Waals surface area contributed by atoms with Crippen molar-refractivity contribution in [1.29, 1.82) is 0 Å². The van der Waals surface area contributed by atoms with Crippen molar-refractivity contribution in [2.24, 2.45) is 0 Å².